The summed E-state index contributed by atoms with van der Waals surface area (Å²) in [5.41, 5.74) is -0.0415. The highest BCUT2D eigenvalue weighted by molar-refractivity contribution is 7.15. The van der Waals surface area contributed by atoms with Crippen molar-refractivity contribution in [3.8, 4) is 0 Å². The molecule has 0 aliphatic carbocycles. The maximum atomic E-state index is 11.9. The molecule has 1 aromatic heterocycles. The first-order chi connectivity index (χ1) is 9.34. The molecule has 1 aliphatic rings. The predicted molar refractivity (Wildman–Crippen MR) is 81.3 cm³/mol. The summed E-state index contributed by atoms with van der Waals surface area (Å²) in [6.07, 6.45) is 2.15. The third-order valence-electron chi connectivity index (χ3n) is 3.25. The van der Waals surface area contributed by atoms with E-state index in [0.717, 1.165) is 30.9 Å². The van der Waals surface area contributed by atoms with Gasteiger partial charge in [-0.1, -0.05) is 32.1 Å². The zero-order chi connectivity index (χ0) is 14.8. The van der Waals surface area contributed by atoms with Crippen LogP contribution in [-0.4, -0.2) is 47.3 Å². The van der Waals surface area contributed by atoms with Crippen molar-refractivity contribution in [2.45, 2.75) is 45.1 Å². The number of piperidine rings is 1. The summed E-state index contributed by atoms with van der Waals surface area (Å²) >= 11 is 1.43. The first kappa shape index (κ1) is 15.2. The van der Waals surface area contributed by atoms with Crippen molar-refractivity contribution >= 4 is 22.5 Å². The van der Waals surface area contributed by atoms with Crippen LogP contribution < -0.4 is 10.6 Å². The summed E-state index contributed by atoms with van der Waals surface area (Å²) in [5, 5.41) is 15.4. The fourth-order valence-electron chi connectivity index (χ4n) is 2.18. The summed E-state index contributed by atoms with van der Waals surface area (Å²) in [6.45, 7) is 8.24. The monoisotopic (exact) mass is 297 g/mol. The Morgan fingerprint density at radius 2 is 2.15 bits per heavy atom. The Kier molecular flexibility index (Phi) is 4.59. The molecule has 0 radical (unpaired) electrons. The minimum Gasteiger partial charge on any atom is -0.334 e. The Labute approximate surface area is 124 Å². The van der Waals surface area contributed by atoms with E-state index in [-0.39, 0.29) is 17.5 Å². The van der Waals surface area contributed by atoms with E-state index < -0.39 is 0 Å². The molecule has 0 saturated carbocycles. The number of nitrogens with zero attached hydrogens (tertiary/aromatic N) is 3. The Morgan fingerprint density at radius 3 is 2.75 bits per heavy atom. The molecule has 2 amide bonds. The molecule has 0 spiro atoms. The lowest BCUT2D eigenvalue weighted by Gasteiger charge is -2.29. The van der Waals surface area contributed by atoms with E-state index >= 15 is 0 Å². The van der Waals surface area contributed by atoms with Crippen molar-refractivity contribution in [2.75, 3.05) is 25.5 Å². The number of aromatic nitrogens is 2. The highest BCUT2D eigenvalue weighted by Gasteiger charge is 2.22. The standard InChI is InChI=1S/C13H23N5OS/c1-13(2,3)10-16-17-12(20-10)15-11(19)14-9-6-5-7-18(4)8-9/h9H,5-8H2,1-4H3,(H2,14,15,17,19)/t9-/m1/s1. The molecule has 0 unspecified atom stereocenters. The summed E-state index contributed by atoms with van der Waals surface area (Å²) in [4.78, 5) is 14.2. The van der Waals surface area contributed by atoms with Crippen LogP contribution in [0.2, 0.25) is 0 Å². The lowest BCUT2D eigenvalue weighted by atomic mass is 9.98. The van der Waals surface area contributed by atoms with Gasteiger partial charge in [0, 0.05) is 18.0 Å². The van der Waals surface area contributed by atoms with Gasteiger partial charge in [-0.15, -0.1) is 10.2 Å². The van der Waals surface area contributed by atoms with Crippen molar-refractivity contribution in [3.05, 3.63) is 5.01 Å². The second-order valence-corrected chi connectivity index (χ2v) is 7.34. The molecule has 0 bridgehead atoms. The maximum Gasteiger partial charge on any atom is 0.321 e. The van der Waals surface area contributed by atoms with E-state index in [1.54, 1.807) is 0 Å². The Hall–Kier alpha value is -1.21. The van der Waals surface area contributed by atoms with E-state index in [1.807, 2.05) is 0 Å². The van der Waals surface area contributed by atoms with E-state index in [4.69, 9.17) is 0 Å². The van der Waals surface area contributed by atoms with E-state index in [9.17, 15) is 4.79 Å². The van der Waals surface area contributed by atoms with Gasteiger partial charge in [-0.3, -0.25) is 5.32 Å². The van der Waals surface area contributed by atoms with Crippen LogP contribution >= 0.6 is 11.3 Å². The van der Waals surface area contributed by atoms with Crippen LogP contribution in [0.5, 0.6) is 0 Å². The van der Waals surface area contributed by atoms with Crippen molar-refractivity contribution < 1.29 is 4.79 Å². The van der Waals surface area contributed by atoms with Gasteiger partial charge in [-0.05, 0) is 26.4 Å². The smallest absolute Gasteiger partial charge is 0.321 e. The molecule has 7 heteroatoms. The van der Waals surface area contributed by atoms with E-state index in [1.165, 1.54) is 11.3 Å². The van der Waals surface area contributed by atoms with E-state index in [0.29, 0.717) is 5.13 Å². The number of urea groups is 1. The van der Waals surface area contributed by atoms with Gasteiger partial charge in [-0.2, -0.15) is 0 Å². The molecule has 2 N–H and O–H groups in total. The summed E-state index contributed by atoms with van der Waals surface area (Å²) in [6, 6.07) is 0.0191. The number of rotatable bonds is 2. The highest BCUT2D eigenvalue weighted by atomic mass is 32.1. The first-order valence-electron chi connectivity index (χ1n) is 6.94. The van der Waals surface area contributed by atoms with Crippen LogP contribution in [0.4, 0.5) is 9.93 Å². The molecule has 1 fully saturated rings. The van der Waals surface area contributed by atoms with Gasteiger partial charge in [0.15, 0.2) is 0 Å². The number of likely N-dealkylation sites (N-methyl/N-ethyl adjacent to an activating group) is 1. The minimum atomic E-state index is -0.193. The van der Waals surface area contributed by atoms with Gasteiger partial charge in [0.2, 0.25) is 5.13 Å². The molecular formula is C13H23N5OS. The van der Waals surface area contributed by atoms with Gasteiger partial charge in [0.1, 0.15) is 5.01 Å². The maximum absolute atomic E-state index is 11.9. The molecule has 2 rings (SSSR count). The van der Waals surface area contributed by atoms with Gasteiger partial charge < -0.3 is 10.2 Å². The molecule has 1 aliphatic heterocycles. The van der Waals surface area contributed by atoms with E-state index in [2.05, 4.69) is 53.5 Å². The molecule has 20 heavy (non-hydrogen) atoms. The third-order valence-corrected chi connectivity index (χ3v) is 4.51. The van der Waals surface area contributed by atoms with Crippen LogP contribution in [0, 0.1) is 0 Å². The Morgan fingerprint density at radius 1 is 1.40 bits per heavy atom. The van der Waals surface area contributed by atoms with Gasteiger partial charge in [0.25, 0.3) is 0 Å². The number of carbonyl (C=O) groups is 1. The lowest BCUT2D eigenvalue weighted by Crippen LogP contribution is -2.47. The fourth-order valence-corrected chi connectivity index (χ4v) is 2.98. The van der Waals surface area contributed by atoms with Crippen LogP contribution in [0.15, 0.2) is 0 Å². The lowest BCUT2D eigenvalue weighted by molar-refractivity contribution is 0.216. The Bertz CT molecular complexity index is 468. The van der Waals surface area contributed by atoms with Crippen LogP contribution in [0.25, 0.3) is 0 Å². The zero-order valence-corrected chi connectivity index (χ0v) is 13.4. The van der Waals surface area contributed by atoms with Crippen LogP contribution in [0.1, 0.15) is 38.6 Å². The second-order valence-electron chi connectivity index (χ2n) is 6.36. The average Bonchev–Trinajstić information content (AvgIpc) is 2.76. The Balaban J connectivity index is 1.86. The average molecular weight is 297 g/mol. The van der Waals surface area contributed by atoms with Crippen LogP contribution in [0.3, 0.4) is 0 Å². The van der Waals surface area contributed by atoms with Gasteiger partial charge in [0.05, 0.1) is 0 Å². The SMILES string of the molecule is CN1CCC[C@@H](NC(=O)Nc2nnc(C(C)(C)C)s2)C1. The molecular weight excluding hydrogens is 274 g/mol. The molecule has 1 aromatic rings. The molecule has 2 heterocycles. The number of amides is 2. The van der Waals surface area contributed by atoms with Gasteiger partial charge in [-0.25, -0.2) is 4.79 Å². The molecule has 0 aromatic carbocycles. The number of hydrogen-bond acceptors (Lipinski definition) is 5. The topological polar surface area (TPSA) is 70.2 Å². The predicted octanol–water partition coefficient (Wildman–Crippen LogP) is 2.05. The molecule has 1 saturated heterocycles. The fraction of sp³-hybridized carbons (Fsp3) is 0.769. The molecule has 112 valence electrons. The van der Waals surface area contributed by atoms with Crippen molar-refractivity contribution in [1.82, 2.24) is 20.4 Å². The number of likely N-dealkylation sites (tertiary alicyclic amines) is 1. The first-order valence-corrected chi connectivity index (χ1v) is 7.76. The highest BCUT2D eigenvalue weighted by Crippen LogP contribution is 2.27. The third kappa shape index (κ3) is 4.14. The normalized spacial score (nSPS) is 20.7. The summed E-state index contributed by atoms with van der Waals surface area (Å²) in [5.74, 6) is 0. The number of hydrogen-bond donors (Lipinski definition) is 2. The number of anilines is 1. The second kappa shape index (κ2) is 6.05. The number of carbonyl (C=O) groups excluding carboxylic acids is 1. The quantitative estimate of drug-likeness (QED) is 0.876. The summed E-state index contributed by atoms with van der Waals surface area (Å²) in [7, 11) is 2.08. The van der Waals surface area contributed by atoms with Crippen LogP contribution in [-0.2, 0) is 5.41 Å². The van der Waals surface area contributed by atoms with Crippen molar-refractivity contribution in [1.29, 1.82) is 0 Å². The summed E-state index contributed by atoms with van der Waals surface area (Å²) < 4.78 is 0. The molecule has 6 nitrogen and oxygen atoms in total. The minimum absolute atomic E-state index is 0.0415. The molecule has 1 atom stereocenters. The number of nitrogens with one attached hydrogen (secondary N) is 2. The van der Waals surface area contributed by atoms with Crippen molar-refractivity contribution in [2.24, 2.45) is 0 Å². The largest absolute Gasteiger partial charge is 0.334 e. The van der Waals surface area contributed by atoms with Gasteiger partial charge >= 0.3 is 6.03 Å². The van der Waals surface area contributed by atoms with Crippen molar-refractivity contribution in [3.63, 3.8) is 0 Å². The zero-order valence-electron chi connectivity index (χ0n) is 12.6.